The van der Waals surface area contributed by atoms with Crippen molar-refractivity contribution in [2.75, 3.05) is 31.2 Å². The quantitative estimate of drug-likeness (QED) is 0.911. The van der Waals surface area contributed by atoms with Gasteiger partial charge in [0.15, 0.2) is 0 Å². The van der Waals surface area contributed by atoms with Crippen LogP contribution in [0.4, 0.5) is 5.69 Å². The van der Waals surface area contributed by atoms with E-state index in [2.05, 4.69) is 46.8 Å². The second kappa shape index (κ2) is 5.33. The summed E-state index contributed by atoms with van der Waals surface area (Å²) < 4.78 is 5.38. The van der Waals surface area contributed by atoms with Gasteiger partial charge in [-0.25, -0.2) is 0 Å². The molecule has 1 N–H and O–H groups in total. The number of hydrogen-bond donors (Lipinski definition) is 1. The molecule has 1 aliphatic heterocycles. The molecule has 1 aromatic heterocycles. The SMILES string of the molecule is C=Cc1[nH]ccc1-c1ccc(N2CCOCC2)cc1. The lowest BCUT2D eigenvalue weighted by Gasteiger charge is -2.28. The molecule has 1 saturated heterocycles. The van der Waals surface area contributed by atoms with Gasteiger partial charge in [0.05, 0.1) is 13.2 Å². The Morgan fingerprint density at radius 2 is 1.84 bits per heavy atom. The summed E-state index contributed by atoms with van der Waals surface area (Å²) in [7, 11) is 0. The van der Waals surface area contributed by atoms with Crippen LogP contribution < -0.4 is 4.90 Å². The number of H-pyrrole nitrogens is 1. The highest BCUT2D eigenvalue weighted by atomic mass is 16.5. The first-order valence-corrected chi connectivity index (χ1v) is 6.61. The average molecular weight is 254 g/mol. The van der Waals surface area contributed by atoms with Gasteiger partial charge in [0, 0.05) is 36.2 Å². The van der Waals surface area contributed by atoms with Gasteiger partial charge in [-0.05, 0) is 29.8 Å². The second-order valence-electron chi connectivity index (χ2n) is 4.66. The number of nitrogens with zero attached hydrogens (tertiary/aromatic N) is 1. The molecule has 0 atom stereocenters. The van der Waals surface area contributed by atoms with E-state index in [-0.39, 0.29) is 0 Å². The van der Waals surface area contributed by atoms with Crippen LogP contribution in [0.3, 0.4) is 0 Å². The van der Waals surface area contributed by atoms with Crippen LogP contribution in [0.25, 0.3) is 17.2 Å². The molecule has 3 nitrogen and oxygen atoms in total. The van der Waals surface area contributed by atoms with Crippen molar-refractivity contribution >= 4 is 11.8 Å². The van der Waals surface area contributed by atoms with Crippen LogP contribution in [0.1, 0.15) is 5.69 Å². The van der Waals surface area contributed by atoms with Crippen LogP contribution in [0, 0.1) is 0 Å². The number of aromatic nitrogens is 1. The molecule has 2 aromatic rings. The van der Waals surface area contributed by atoms with Crippen molar-refractivity contribution in [3.05, 3.63) is 48.8 Å². The van der Waals surface area contributed by atoms with E-state index >= 15 is 0 Å². The van der Waals surface area contributed by atoms with Crippen molar-refractivity contribution in [1.29, 1.82) is 0 Å². The molecular formula is C16H18N2O. The van der Waals surface area contributed by atoms with Gasteiger partial charge in [0.2, 0.25) is 0 Å². The van der Waals surface area contributed by atoms with Crippen molar-refractivity contribution in [1.82, 2.24) is 4.98 Å². The molecule has 98 valence electrons. The van der Waals surface area contributed by atoms with Crippen LogP contribution >= 0.6 is 0 Å². The molecule has 0 spiro atoms. The minimum atomic E-state index is 0.820. The zero-order valence-corrected chi connectivity index (χ0v) is 10.9. The summed E-state index contributed by atoms with van der Waals surface area (Å²) in [5.41, 5.74) is 4.75. The van der Waals surface area contributed by atoms with Crippen molar-refractivity contribution < 1.29 is 4.74 Å². The minimum absolute atomic E-state index is 0.820. The highest BCUT2D eigenvalue weighted by molar-refractivity contribution is 5.74. The van der Waals surface area contributed by atoms with E-state index < -0.39 is 0 Å². The molecule has 1 aliphatic rings. The molecule has 0 unspecified atom stereocenters. The molecule has 3 heteroatoms. The maximum absolute atomic E-state index is 5.38. The van der Waals surface area contributed by atoms with Crippen LogP contribution in [-0.2, 0) is 4.74 Å². The van der Waals surface area contributed by atoms with Crippen molar-refractivity contribution in [3.63, 3.8) is 0 Å². The molecule has 0 radical (unpaired) electrons. The number of rotatable bonds is 3. The Morgan fingerprint density at radius 1 is 1.11 bits per heavy atom. The molecule has 0 saturated carbocycles. The third-order valence-electron chi connectivity index (χ3n) is 3.54. The summed E-state index contributed by atoms with van der Waals surface area (Å²) in [6.45, 7) is 7.41. The summed E-state index contributed by atoms with van der Waals surface area (Å²) in [4.78, 5) is 5.55. The Morgan fingerprint density at radius 3 is 2.53 bits per heavy atom. The summed E-state index contributed by atoms with van der Waals surface area (Å²) in [5, 5.41) is 0. The molecule has 1 fully saturated rings. The van der Waals surface area contributed by atoms with Crippen LogP contribution in [0.15, 0.2) is 43.1 Å². The van der Waals surface area contributed by atoms with Gasteiger partial charge in [0.25, 0.3) is 0 Å². The molecule has 2 heterocycles. The lowest BCUT2D eigenvalue weighted by molar-refractivity contribution is 0.122. The normalized spacial score (nSPS) is 15.5. The number of nitrogens with one attached hydrogen (secondary N) is 1. The molecule has 0 aliphatic carbocycles. The van der Waals surface area contributed by atoms with E-state index in [9.17, 15) is 0 Å². The van der Waals surface area contributed by atoms with Crippen LogP contribution in [0.5, 0.6) is 0 Å². The first-order valence-electron chi connectivity index (χ1n) is 6.61. The van der Waals surface area contributed by atoms with Gasteiger partial charge in [-0.2, -0.15) is 0 Å². The van der Waals surface area contributed by atoms with Crippen LogP contribution in [-0.4, -0.2) is 31.3 Å². The summed E-state index contributed by atoms with van der Waals surface area (Å²) >= 11 is 0. The Labute approximate surface area is 113 Å². The molecule has 0 bridgehead atoms. The predicted octanol–water partition coefficient (Wildman–Crippen LogP) is 3.16. The number of benzene rings is 1. The molecule has 1 aromatic carbocycles. The van der Waals surface area contributed by atoms with Gasteiger partial charge < -0.3 is 14.6 Å². The molecular weight excluding hydrogens is 236 g/mol. The number of ether oxygens (including phenoxy) is 1. The lowest BCUT2D eigenvalue weighted by atomic mass is 10.1. The number of anilines is 1. The second-order valence-corrected chi connectivity index (χ2v) is 4.66. The fraction of sp³-hybridized carbons (Fsp3) is 0.250. The zero-order valence-electron chi connectivity index (χ0n) is 10.9. The Kier molecular flexibility index (Phi) is 3.38. The zero-order chi connectivity index (χ0) is 13.1. The monoisotopic (exact) mass is 254 g/mol. The Balaban J connectivity index is 1.84. The maximum atomic E-state index is 5.38. The van der Waals surface area contributed by atoms with Crippen molar-refractivity contribution in [2.24, 2.45) is 0 Å². The Bertz CT molecular complexity index is 550. The lowest BCUT2D eigenvalue weighted by Crippen LogP contribution is -2.36. The van der Waals surface area contributed by atoms with Crippen molar-refractivity contribution in [3.8, 4) is 11.1 Å². The van der Waals surface area contributed by atoms with E-state index in [1.165, 1.54) is 16.8 Å². The van der Waals surface area contributed by atoms with Gasteiger partial charge >= 0.3 is 0 Å². The van der Waals surface area contributed by atoms with Crippen LogP contribution in [0.2, 0.25) is 0 Å². The molecule has 3 rings (SSSR count). The average Bonchev–Trinajstić information content (AvgIpc) is 2.97. The number of morpholine rings is 1. The third kappa shape index (κ3) is 2.42. The summed E-state index contributed by atoms with van der Waals surface area (Å²) in [5.74, 6) is 0. The number of aromatic amines is 1. The molecule has 0 amide bonds. The van der Waals surface area contributed by atoms with E-state index in [1.807, 2.05) is 12.3 Å². The standard InChI is InChI=1S/C16H18N2O/c1-2-16-15(7-8-17-16)13-3-5-14(6-4-13)18-9-11-19-12-10-18/h2-8,17H,1,9-12H2. The molecule has 19 heavy (non-hydrogen) atoms. The predicted molar refractivity (Wildman–Crippen MR) is 79.4 cm³/mol. The van der Waals surface area contributed by atoms with E-state index in [1.54, 1.807) is 0 Å². The van der Waals surface area contributed by atoms with E-state index in [4.69, 9.17) is 4.74 Å². The van der Waals surface area contributed by atoms with E-state index in [0.29, 0.717) is 0 Å². The summed E-state index contributed by atoms with van der Waals surface area (Å²) in [6, 6.07) is 10.8. The topological polar surface area (TPSA) is 28.3 Å². The van der Waals surface area contributed by atoms with Gasteiger partial charge in [-0.15, -0.1) is 0 Å². The maximum Gasteiger partial charge on any atom is 0.0642 e. The summed E-state index contributed by atoms with van der Waals surface area (Å²) in [6.07, 6.45) is 3.80. The Hall–Kier alpha value is -2.00. The van der Waals surface area contributed by atoms with Gasteiger partial charge in [-0.3, -0.25) is 0 Å². The first kappa shape index (κ1) is 12.1. The highest BCUT2D eigenvalue weighted by Crippen LogP contribution is 2.26. The number of hydrogen-bond acceptors (Lipinski definition) is 2. The third-order valence-corrected chi connectivity index (χ3v) is 3.54. The fourth-order valence-electron chi connectivity index (χ4n) is 2.48. The smallest absolute Gasteiger partial charge is 0.0642 e. The first-order chi connectivity index (χ1) is 9.38. The van der Waals surface area contributed by atoms with Crippen molar-refractivity contribution in [2.45, 2.75) is 0 Å². The highest BCUT2D eigenvalue weighted by Gasteiger charge is 2.11. The van der Waals surface area contributed by atoms with Gasteiger partial charge in [-0.1, -0.05) is 18.7 Å². The minimum Gasteiger partial charge on any atom is -0.378 e. The fourth-order valence-corrected chi connectivity index (χ4v) is 2.48. The largest absolute Gasteiger partial charge is 0.378 e. The van der Waals surface area contributed by atoms with E-state index in [0.717, 1.165) is 32.0 Å². The van der Waals surface area contributed by atoms with Gasteiger partial charge in [0.1, 0.15) is 0 Å².